The van der Waals surface area contributed by atoms with Gasteiger partial charge >= 0.3 is 0 Å². The van der Waals surface area contributed by atoms with Crippen LogP contribution in [0.2, 0.25) is 0 Å². The predicted octanol–water partition coefficient (Wildman–Crippen LogP) is 2.50. The Kier molecular flexibility index (Phi) is 3.85. The lowest BCUT2D eigenvalue weighted by molar-refractivity contribution is 0.198. The van der Waals surface area contributed by atoms with Gasteiger partial charge in [-0.2, -0.15) is 5.10 Å². The Balaban J connectivity index is 2.10. The van der Waals surface area contributed by atoms with Gasteiger partial charge in [0.1, 0.15) is 6.61 Å². The molecule has 0 spiro atoms. The van der Waals surface area contributed by atoms with Crippen molar-refractivity contribution in [3.8, 4) is 5.75 Å². The molecule has 5 heteroatoms. The summed E-state index contributed by atoms with van der Waals surface area (Å²) in [5.74, 6) is -0.305. The SMILES string of the molecule is Cc1cc(COc2ccc(C(C)O)cc2F)n(C)n1. The molecule has 0 bridgehead atoms. The molecule has 0 amide bonds. The van der Waals surface area contributed by atoms with E-state index in [1.54, 1.807) is 17.7 Å². The van der Waals surface area contributed by atoms with Gasteiger partial charge in [0.05, 0.1) is 17.5 Å². The Morgan fingerprint density at radius 3 is 2.68 bits per heavy atom. The van der Waals surface area contributed by atoms with Gasteiger partial charge < -0.3 is 9.84 Å². The quantitative estimate of drug-likeness (QED) is 0.923. The van der Waals surface area contributed by atoms with E-state index in [0.29, 0.717) is 5.56 Å². The molecule has 0 aliphatic heterocycles. The number of benzene rings is 1. The monoisotopic (exact) mass is 264 g/mol. The lowest BCUT2D eigenvalue weighted by Gasteiger charge is -2.10. The Bertz CT molecular complexity index is 579. The molecule has 0 fully saturated rings. The van der Waals surface area contributed by atoms with Crippen LogP contribution < -0.4 is 4.74 Å². The fourth-order valence-electron chi connectivity index (χ4n) is 1.85. The molecule has 1 heterocycles. The first-order valence-corrected chi connectivity index (χ1v) is 6.07. The third-order valence-electron chi connectivity index (χ3n) is 2.91. The van der Waals surface area contributed by atoms with E-state index in [1.807, 2.05) is 20.0 Å². The molecular formula is C14H17FN2O2. The smallest absolute Gasteiger partial charge is 0.165 e. The van der Waals surface area contributed by atoms with Crippen molar-refractivity contribution in [3.63, 3.8) is 0 Å². The van der Waals surface area contributed by atoms with E-state index in [2.05, 4.69) is 5.10 Å². The number of nitrogens with zero attached hydrogens (tertiary/aromatic N) is 2. The fraction of sp³-hybridized carbons (Fsp3) is 0.357. The van der Waals surface area contributed by atoms with E-state index in [-0.39, 0.29) is 12.4 Å². The van der Waals surface area contributed by atoms with Crippen LogP contribution in [0.1, 0.15) is 30.0 Å². The molecule has 2 aromatic rings. The zero-order chi connectivity index (χ0) is 14.0. The fourth-order valence-corrected chi connectivity index (χ4v) is 1.85. The number of hydrogen-bond acceptors (Lipinski definition) is 3. The lowest BCUT2D eigenvalue weighted by Crippen LogP contribution is -2.04. The summed E-state index contributed by atoms with van der Waals surface area (Å²) in [6, 6.07) is 6.36. The highest BCUT2D eigenvalue weighted by Gasteiger charge is 2.09. The molecule has 0 saturated heterocycles. The van der Waals surface area contributed by atoms with Crippen LogP contribution in [0.15, 0.2) is 24.3 Å². The normalized spacial score (nSPS) is 12.5. The van der Waals surface area contributed by atoms with Crippen LogP contribution in [-0.4, -0.2) is 14.9 Å². The summed E-state index contributed by atoms with van der Waals surface area (Å²) in [7, 11) is 1.82. The Morgan fingerprint density at radius 2 is 2.16 bits per heavy atom. The summed E-state index contributed by atoms with van der Waals surface area (Å²) >= 11 is 0. The number of rotatable bonds is 4. The minimum absolute atomic E-state index is 0.170. The van der Waals surface area contributed by atoms with Gasteiger partial charge in [-0.1, -0.05) is 6.07 Å². The largest absolute Gasteiger partial charge is 0.484 e. The second-order valence-corrected chi connectivity index (χ2v) is 4.56. The molecule has 0 radical (unpaired) electrons. The van der Waals surface area contributed by atoms with Crippen molar-refractivity contribution in [3.05, 3.63) is 47.0 Å². The Morgan fingerprint density at radius 1 is 1.42 bits per heavy atom. The molecule has 2 rings (SSSR count). The van der Waals surface area contributed by atoms with E-state index in [4.69, 9.17) is 4.74 Å². The number of aliphatic hydroxyl groups excluding tert-OH is 1. The number of ether oxygens (including phenoxy) is 1. The Hall–Kier alpha value is -1.88. The highest BCUT2D eigenvalue weighted by Crippen LogP contribution is 2.22. The molecule has 1 unspecified atom stereocenters. The van der Waals surface area contributed by atoms with Gasteiger partial charge in [0.25, 0.3) is 0 Å². The van der Waals surface area contributed by atoms with E-state index >= 15 is 0 Å². The predicted molar refractivity (Wildman–Crippen MR) is 69.3 cm³/mol. The molecular weight excluding hydrogens is 247 g/mol. The minimum Gasteiger partial charge on any atom is -0.484 e. The van der Waals surface area contributed by atoms with E-state index in [9.17, 15) is 9.50 Å². The van der Waals surface area contributed by atoms with Crippen molar-refractivity contribution in [2.24, 2.45) is 7.05 Å². The first-order valence-electron chi connectivity index (χ1n) is 6.07. The van der Waals surface area contributed by atoms with Crippen LogP contribution in [0.5, 0.6) is 5.75 Å². The van der Waals surface area contributed by atoms with Crippen LogP contribution in [0, 0.1) is 12.7 Å². The second-order valence-electron chi connectivity index (χ2n) is 4.56. The Labute approximate surface area is 111 Å². The highest BCUT2D eigenvalue weighted by atomic mass is 19.1. The van der Waals surface area contributed by atoms with Gasteiger partial charge in [-0.15, -0.1) is 0 Å². The van der Waals surface area contributed by atoms with Gasteiger partial charge in [-0.3, -0.25) is 4.68 Å². The molecule has 0 aliphatic carbocycles. The molecule has 0 saturated carbocycles. The molecule has 1 atom stereocenters. The van der Waals surface area contributed by atoms with Crippen molar-refractivity contribution in [2.45, 2.75) is 26.6 Å². The molecule has 102 valence electrons. The molecule has 19 heavy (non-hydrogen) atoms. The number of aryl methyl sites for hydroxylation is 2. The van der Waals surface area contributed by atoms with Gasteiger partial charge in [0.2, 0.25) is 0 Å². The van der Waals surface area contributed by atoms with Crippen LogP contribution in [0.25, 0.3) is 0 Å². The maximum absolute atomic E-state index is 13.8. The molecule has 0 aliphatic rings. The van der Waals surface area contributed by atoms with Crippen molar-refractivity contribution in [1.82, 2.24) is 9.78 Å². The van der Waals surface area contributed by atoms with E-state index < -0.39 is 11.9 Å². The third kappa shape index (κ3) is 3.12. The van der Waals surface area contributed by atoms with Crippen LogP contribution in [0.4, 0.5) is 4.39 Å². The molecule has 1 aromatic heterocycles. The summed E-state index contributed by atoms with van der Waals surface area (Å²) in [5.41, 5.74) is 2.30. The number of hydrogen-bond donors (Lipinski definition) is 1. The summed E-state index contributed by atoms with van der Waals surface area (Å²) in [6.45, 7) is 3.73. The zero-order valence-electron chi connectivity index (χ0n) is 11.2. The van der Waals surface area contributed by atoms with Crippen molar-refractivity contribution < 1.29 is 14.2 Å². The summed E-state index contributed by atoms with van der Waals surface area (Å²) in [5, 5.41) is 13.6. The maximum Gasteiger partial charge on any atom is 0.165 e. The van der Waals surface area contributed by atoms with Crippen LogP contribution in [0.3, 0.4) is 0 Å². The molecule has 1 N–H and O–H groups in total. The van der Waals surface area contributed by atoms with Gasteiger partial charge in [-0.25, -0.2) is 4.39 Å². The topological polar surface area (TPSA) is 47.3 Å². The summed E-state index contributed by atoms with van der Waals surface area (Å²) < 4.78 is 20.9. The van der Waals surface area contributed by atoms with Crippen molar-refractivity contribution in [1.29, 1.82) is 0 Å². The van der Waals surface area contributed by atoms with Gasteiger partial charge in [-0.05, 0) is 37.6 Å². The summed E-state index contributed by atoms with van der Waals surface area (Å²) in [6.07, 6.45) is -0.691. The first kappa shape index (κ1) is 13.5. The van der Waals surface area contributed by atoms with Crippen LogP contribution >= 0.6 is 0 Å². The molecule has 4 nitrogen and oxygen atoms in total. The average Bonchev–Trinajstić information content (AvgIpc) is 2.66. The van der Waals surface area contributed by atoms with E-state index in [0.717, 1.165) is 11.4 Å². The van der Waals surface area contributed by atoms with E-state index in [1.165, 1.54) is 12.1 Å². The average molecular weight is 264 g/mol. The van der Waals surface area contributed by atoms with Crippen molar-refractivity contribution in [2.75, 3.05) is 0 Å². The van der Waals surface area contributed by atoms with Crippen LogP contribution in [-0.2, 0) is 13.7 Å². The third-order valence-corrected chi connectivity index (χ3v) is 2.91. The maximum atomic E-state index is 13.8. The second kappa shape index (κ2) is 5.40. The highest BCUT2D eigenvalue weighted by molar-refractivity contribution is 5.30. The first-order chi connectivity index (χ1) is 8.97. The number of aliphatic hydroxyl groups is 1. The van der Waals surface area contributed by atoms with Gasteiger partial charge in [0, 0.05) is 7.05 Å². The number of halogens is 1. The zero-order valence-corrected chi connectivity index (χ0v) is 11.2. The number of aromatic nitrogens is 2. The lowest BCUT2D eigenvalue weighted by atomic mass is 10.1. The minimum atomic E-state index is -0.691. The van der Waals surface area contributed by atoms with Gasteiger partial charge in [0.15, 0.2) is 11.6 Å². The summed E-state index contributed by atoms with van der Waals surface area (Å²) in [4.78, 5) is 0. The molecule has 1 aromatic carbocycles. The van der Waals surface area contributed by atoms with Crippen molar-refractivity contribution >= 4 is 0 Å². The standard InChI is InChI=1S/C14H17FN2O2/c1-9-6-12(17(3)16-9)8-19-14-5-4-11(10(2)18)7-13(14)15/h4-7,10,18H,8H2,1-3H3.